The molecule has 0 spiro atoms. The first kappa shape index (κ1) is 69.9. The Bertz CT molecular complexity index is 1540. The van der Waals surface area contributed by atoms with E-state index in [0.29, 0.717) is 12.8 Å². The number of rotatable bonds is 44. The fraction of sp³-hybridized carbons (Fsp3) is 0.887. The Balaban J connectivity index is 0.0000266. The average molecular weight is 1080 g/mol. The molecule has 18 nitrogen and oxygen atoms in total. The first-order chi connectivity index (χ1) is 34.8. The van der Waals surface area contributed by atoms with Gasteiger partial charge in [-0.3, -0.25) is 13.8 Å². The third kappa shape index (κ3) is 32.4. The predicted octanol–water partition coefficient (Wildman–Crippen LogP) is 4.43. The molecule has 0 aromatic carbocycles. The SMILES string of the molecule is CCCCCCCC/C=C\CCCCCCCCC(=O)OCC(CO[C@@H]1O[C@H](CO)[C@H](O[C@@H]2O[C@H](CO)[C@H](O)[C@H](OS(=O)(=O)[O-])[C@H]2O)[C@H](O)[C@H]1O)OC(=O)CCCCCCCC/C=C\CCCCCCCC.[Na+]. The van der Waals surface area contributed by atoms with Crippen molar-refractivity contribution in [1.82, 2.24) is 0 Å². The maximum Gasteiger partial charge on any atom is 1.00 e. The van der Waals surface area contributed by atoms with Crippen molar-refractivity contribution in [3.05, 3.63) is 24.3 Å². The van der Waals surface area contributed by atoms with Crippen molar-refractivity contribution in [3.8, 4) is 0 Å². The van der Waals surface area contributed by atoms with Crippen LogP contribution in [0.25, 0.3) is 0 Å². The van der Waals surface area contributed by atoms with E-state index in [0.717, 1.165) is 89.9 Å². The Morgan fingerprint density at radius 3 is 1.41 bits per heavy atom. The monoisotopic (exact) mass is 1070 g/mol. The van der Waals surface area contributed by atoms with E-state index in [9.17, 15) is 53.2 Å². The number of allylic oxidation sites excluding steroid dienone is 4. The van der Waals surface area contributed by atoms with Gasteiger partial charge in [0.25, 0.3) is 0 Å². The molecule has 0 amide bonds. The number of carbonyl (C=O) groups excluding carboxylic acids is 2. The van der Waals surface area contributed by atoms with Crippen LogP contribution in [0.2, 0.25) is 0 Å². The summed E-state index contributed by atoms with van der Waals surface area (Å²) < 4.78 is 71.8. The average Bonchev–Trinajstić information content (AvgIpc) is 3.35. The normalized spacial score (nSPS) is 25.0. The summed E-state index contributed by atoms with van der Waals surface area (Å²) in [6.07, 6.45) is 21.3. The zero-order chi connectivity index (χ0) is 52.8. The summed E-state index contributed by atoms with van der Waals surface area (Å²) >= 11 is 0. The Labute approximate surface area is 459 Å². The van der Waals surface area contributed by atoms with Crippen molar-refractivity contribution in [1.29, 1.82) is 0 Å². The topological polar surface area (TPSA) is 277 Å². The van der Waals surface area contributed by atoms with Crippen LogP contribution >= 0.6 is 0 Å². The maximum atomic E-state index is 13.1. The Morgan fingerprint density at radius 1 is 0.534 bits per heavy atom. The molecule has 11 atom stereocenters. The van der Waals surface area contributed by atoms with Crippen LogP contribution in [0.15, 0.2) is 24.3 Å². The molecule has 0 saturated carbocycles. The summed E-state index contributed by atoms with van der Waals surface area (Å²) in [6.45, 7) is 1.85. The number of hydrogen-bond donors (Lipinski definition) is 6. The molecule has 6 N–H and O–H groups in total. The van der Waals surface area contributed by atoms with Crippen molar-refractivity contribution >= 4 is 22.3 Å². The molecule has 2 heterocycles. The van der Waals surface area contributed by atoms with Gasteiger partial charge in [-0.05, 0) is 64.2 Å². The van der Waals surface area contributed by atoms with E-state index < -0.39 is 110 Å². The molecule has 0 aliphatic carbocycles. The van der Waals surface area contributed by atoms with Gasteiger partial charge in [-0.15, -0.1) is 0 Å². The first-order valence-corrected chi connectivity index (χ1v) is 28.9. The number of carbonyl (C=O) groups is 2. The number of aliphatic hydroxyl groups excluding tert-OH is 6. The van der Waals surface area contributed by atoms with E-state index in [4.69, 9.17) is 28.4 Å². The van der Waals surface area contributed by atoms with Crippen molar-refractivity contribution in [2.24, 2.45) is 0 Å². The van der Waals surface area contributed by atoms with Crippen LogP contribution in [0.5, 0.6) is 0 Å². The summed E-state index contributed by atoms with van der Waals surface area (Å²) in [5.41, 5.74) is 0. The van der Waals surface area contributed by atoms with Crippen molar-refractivity contribution in [2.45, 2.75) is 274 Å². The zero-order valence-corrected chi connectivity index (χ0v) is 47.5. The molecule has 0 aromatic rings. The van der Waals surface area contributed by atoms with Crippen molar-refractivity contribution < 1.29 is 115 Å². The van der Waals surface area contributed by atoms with Gasteiger partial charge in [-0.25, -0.2) is 8.42 Å². The largest absolute Gasteiger partial charge is 1.00 e. The molecule has 2 aliphatic heterocycles. The van der Waals surface area contributed by atoms with Gasteiger partial charge >= 0.3 is 41.5 Å². The first-order valence-electron chi connectivity index (χ1n) is 27.6. The second-order valence-corrected chi connectivity index (χ2v) is 20.5. The van der Waals surface area contributed by atoms with Crippen LogP contribution in [-0.4, -0.2) is 149 Å². The third-order valence-corrected chi connectivity index (χ3v) is 13.6. The van der Waals surface area contributed by atoms with E-state index in [1.807, 2.05) is 0 Å². The molecule has 0 radical (unpaired) electrons. The predicted molar refractivity (Wildman–Crippen MR) is 270 cm³/mol. The second kappa shape index (κ2) is 43.8. The van der Waals surface area contributed by atoms with E-state index in [1.165, 1.54) is 77.0 Å². The van der Waals surface area contributed by atoms with Gasteiger partial charge in [0, 0.05) is 12.8 Å². The molecule has 2 fully saturated rings. The van der Waals surface area contributed by atoms with Gasteiger partial charge in [0.15, 0.2) is 18.7 Å². The van der Waals surface area contributed by atoms with Gasteiger partial charge in [0.05, 0.1) is 19.8 Å². The number of hydrogen-bond acceptors (Lipinski definition) is 18. The van der Waals surface area contributed by atoms with Gasteiger partial charge in [0.2, 0.25) is 10.4 Å². The Morgan fingerprint density at radius 2 is 0.959 bits per heavy atom. The summed E-state index contributed by atoms with van der Waals surface area (Å²) in [7, 11) is -5.48. The fourth-order valence-electron chi connectivity index (χ4n) is 8.78. The molecule has 0 aromatic heterocycles. The van der Waals surface area contributed by atoms with Gasteiger partial charge in [-0.2, -0.15) is 0 Å². The number of esters is 2. The molecule has 20 heteroatoms. The minimum Gasteiger partial charge on any atom is -0.726 e. The van der Waals surface area contributed by atoms with Crippen LogP contribution in [-0.2, 0) is 52.6 Å². The van der Waals surface area contributed by atoms with E-state index in [1.54, 1.807) is 0 Å². The molecule has 2 rings (SSSR count). The molecular weight excluding hydrogens is 980 g/mol. The van der Waals surface area contributed by atoms with Gasteiger partial charge < -0.3 is 63.6 Å². The summed E-state index contributed by atoms with van der Waals surface area (Å²) in [5.74, 6) is -1.02. The van der Waals surface area contributed by atoms with E-state index in [-0.39, 0.29) is 49.0 Å². The Kier molecular flexibility index (Phi) is 42.0. The summed E-state index contributed by atoms with van der Waals surface area (Å²) in [5, 5.41) is 63.1. The van der Waals surface area contributed by atoms with E-state index in [2.05, 4.69) is 42.3 Å². The summed E-state index contributed by atoms with van der Waals surface area (Å²) in [4.78, 5) is 25.9. The zero-order valence-electron chi connectivity index (χ0n) is 44.7. The minimum absolute atomic E-state index is 0. The molecule has 1 unspecified atom stereocenters. The van der Waals surface area contributed by atoms with Crippen LogP contribution in [0, 0.1) is 0 Å². The van der Waals surface area contributed by atoms with Gasteiger partial charge in [-0.1, -0.05) is 154 Å². The third-order valence-electron chi connectivity index (χ3n) is 13.1. The quantitative estimate of drug-likeness (QED) is 0.0123. The van der Waals surface area contributed by atoms with Crippen LogP contribution in [0.4, 0.5) is 0 Å². The minimum atomic E-state index is -5.48. The second-order valence-electron chi connectivity index (χ2n) is 19.5. The molecular formula is C53H95NaO18S. The molecule has 422 valence electrons. The van der Waals surface area contributed by atoms with Crippen molar-refractivity contribution in [2.75, 3.05) is 26.4 Å². The molecule has 2 saturated heterocycles. The molecule has 0 bridgehead atoms. The number of ether oxygens (including phenoxy) is 6. The fourth-order valence-corrected chi connectivity index (χ4v) is 9.28. The standard InChI is InChI=1S/C53H96O18S.Na/c1-3-5-7-9-11-13-15-17-19-21-23-25-27-29-31-33-35-44(56)65-39-41(67-45(57)36-34-32-30-28-26-24-22-20-18-16-14-12-10-8-6-4-2)40-66-52-48(60)47(59)50(43(38-55)69-52)70-53-49(61)51(71-72(62,63)64)46(58)42(37-54)68-53;/h17-20,41-43,46-55,58-61H,3-16,21-40H2,1-2H3,(H,62,63,64);/q;+1/p-1/b19-17-,20-18-;/t41?,42-,43-,46+,47-,48-,49-,50+,51+,52-,53+;/m1./s1. The summed E-state index contributed by atoms with van der Waals surface area (Å²) in [6, 6.07) is 0. The van der Waals surface area contributed by atoms with Crippen LogP contribution in [0.3, 0.4) is 0 Å². The Hall–Kier alpha value is -1.11. The number of unbranched alkanes of at least 4 members (excludes halogenated alkanes) is 24. The van der Waals surface area contributed by atoms with Gasteiger partial charge in [0.1, 0.15) is 55.4 Å². The molecule has 2 aliphatic rings. The van der Waals surface area contributed by atoms with E-state index >= 15 is 0 Å². The molecule has 73 heavy (non-hydrogen) atoms. The van der Waals surface area contributed by atoms with Crippen molar-refractivity contribution in [3.63, 3.8) is 0 Å². The van der Waals surface area contributed by atoms with Crippen LogP contribution in [0.1, 0.15) is 206 Å². The van der Waals surface area contributed by atoms with Crippen LogP contribution < -0.4 is 29.6 Å². The number of aliphatic hydroxyl groups is 6. The maximum absolute atomic E-state index is 13.1. The smallest absolute Gasteiger partial charge is 0.726 e.